The topological polar surface area (TPSA) is 110 Å². The number of hydrogen-bond donors (Lipinski definition) is 2. The number of urea groups is 1. The number of nitrogens with one attached hydrogen (secondary N) is 1. The number of Topliss-reactive ketones (excluding diaryl/α,β-unsaturated/α-hetero) is 1. The highest BCUT2D eigenvalue weighted by atomic mass is 32.1. The molecule has 0 radical (unpaired) electrons. The number of nitrogens with two attached hydrogens (primary N) is 1. The molecular weight excluding hydrogens is 466 g/mol. The van der Waals surface area contributed by atoms with E-state index in [9.17, 15) is 9.59 Å². The van der Waals surface area contributed by atoms with Gasteiger partial charge in [0.15, 0.2) is 17.3 Å². The summed E-state index contributed by atoms with van der Waals surface area (Å²) in [5.74, 6) is 1.19. The Morgan fingerprint density at radius 1 is 1.09 bits per heavy atom. The molecule has 0 fully saturated rings. The molecule has 1 aliphatic heterocycles. The number of fused-ring (bicyclic) bond motifs is 1. The number of ketones is 1. The minimum Gasteiger partial charge on any atom is -0.486 e. The van der Waals surface area contributed by atoms with Crippen LogP contribution in [-0.4, -0.2) is 67.0 Å². The fraction of sp³-hybridized carbons (Fsp3) is 0.320. The second-order valence-electron chi connectivity index (χ2n) is 8.52. The molecule has 1 aromatic carbocycles. The summed E-state index contributed by atoms with van der Waals surface area (Å²) in [4.78, 5) is 33.8. The molecule has 3 N–H and O–H groups in total. The Labute approximate surface area is 208 Å². The van der Waals surface area contributed by atoms with E-state index in [2.05, 4.69) is 10.3 Å². The van der Waals surface area contributed by atoms with E-state index in [0.717, 1.165) is 11.1 Å². The van der Waals surface area contributed by atoms with Crippen molar-refractivity contribution in [3.05, 3.63) is 64.1 Å². The second-order valence-corrected chi connectivity index (χ2v) is 9.26. The number of aromatic nitrogens is 1. The van der Waals surface area contributed by atoms with Crippen LogP contribution in [0.25, 0.3) is 0 Å². The zero-order valence-electron chi connectivity index (χ0n) is 19.8. The zero-order chi connectivity index (χ0) is 24.8. The number of carbonyl (C=O) groups is 2. The van der Waals surface area contributed by atoms with Gasteiger partial charge in [0.25, 0.3) is 0 Å². The van der Waals surface area contributed by atoms with Crippen LogP contribution in [0, 0.1) is 0 Å². The van der Waals surface area contributed by atoms with Crippen LogP contribution in [0.4, 0.5) is 16.2 Å². The number of benzene rings is 1. The van der Waals surface area contributed by atoms with Crippen molar-refractivity contribution >= 4 is 34.5 Å². The lowest BCUT2D eigenvalue weighted by atomic mass is 10.1. The van der Waals surface area contributed by atoms with E-state index < -0.39 is 0 Å². The van der Waals surface area contributed by atoms with Gasteiger partial charge in [-0.3, -0.25) is 9.78 Å². The van der Waals surface area contributed by atoms with Crippen molar-refractivity contribution in [1.29, 1.82) is 0 Å². The molecule has 2 amide bonds. The number of amides is 2. The van der Waals surface area contributed by atoms with E-state index in [1.807, 2.05) is 35.8 Å². The highest BCUT2D eigenvalue weighted by Gasteiger charge is 2.18. The lowest BCUT2D eigenvalue weighted by Gasteiger charge is -2.25. The maximum absolute atomic E-state index is 13.1. The summed E-state index contributed by atoms with van der Waals surface area (Å²) in [6, 6.07) is 8.63. The highest BCUT2D eigenvalue weighted by molar-refractivity contribution is 7.08. The normalized spacial score (nSPS) is 12.4. The molecule has 184 valence electrons. The van der Waals surface area contributed by atoms with Crippen LogP contribution in [0.5, 0.6) is 11.5 Å². The van der Waals surface area contributed by atoms with Crippen molar-refractivity contribution in [2.45, 2.75) is 13.0 Å². The Morgan fingerprint density at radius 3 is 2.57 bits per heavy atom. The van der Waals surface area contributed by atoms with Crippen molar-refractivity contribution < 1.29 is 19.1 Å². The van der Waals surface area contributed by atoms with Gasteiger partial charge in [0.2, 0.25) is 0 Å². The van der Waals surface area contributed by atoms with Crippen LogP contribution in [0.1, 0.15) is 21.6 Å². The molecule has 0 atom stereocenters. The number of nitrogen functional groups attached to an aromatic ring is 1. The molecule has 3 aromatic rings. The molecule has 0 bridgehead atoms. The number of likely N-dealkylation sites (N-methyl/N-ethyl adjacent to an activating group) is 1. The van der Waals surface area contributed by atoms with Crippen LogP contribution < -0.4 is 20.5 Å². The molecule has 1 aliphatic rings. The maximum Gasteiger partial charge on any atom is 0.322 e. The van der Waals surface area contributed by atoms with Gasteiger partial charge in [-0.25, -0.2) is 4.79 Å². The van der Waals surface area contributed by atoms with E-state index in [-0.39, 0.29) is 18.2 Å². The molecular formula is C25H29N5O4S. The van der Waals surface area contributed by atoms with E-state index >= 15 is 0 Å². The minimum atomic E-state index is -0.239. The van der Waals surface area contributed by atoms with Gasteiger partial charge >= 0.3 is 6.03 Å². The van der Waals surface area contributed by atoms with E-state index in [0.29, 0.717) is 61.4 Å². The van der Waals surface area contributed by atoms with Crippen molar-refractivity contribution in [3.63, 3.8) is 0 Å². The van der Waals surface area contributed by atoms with Gasteiger partial charge in [-0.1, -0.05) is 6.07 Å². The average molecular weight is 496 g/mol. The van der Waals surface area contributed by atoms with Crippen molar-refractivity contribution in [2.24, 2.45) is 0 Å². The summed E-state index contributed by atoms with van der Waals surface area (Å²) in [5.41, 5.74) is 9.16. The summed E-state index contributed by atoms with van der Waals surface area (Å²) in [7, 11) is 3.91. The number of hydrogen-bond acceptors (Lipinski definition) is 8. The summed E-state index contributed by atoms with van der Waals surface area (Å²) >= 11 is 1.47. The number of carbonyl (C=O) groups excluding carboxylic acids is 2. The maximum atomic E-state index is 13.1. The molecule has 10 heteroatoms. The number of nitrogens with zero attached hydrogens (tertiary/aromatic N) is 3. The first-order chi connectivity index (χ1) is 16.9. The summed E-state index contributed by atoms with van der Waals surface area (Å²) in [5, 5.41) is 6.64. The summed E-state index contributed by atoms with van der Waals surface area (Å²) < 4.78 is 11.2. The first-order valence-electron chi connectivity index (χ1n) is 11.3. The Hall–Kier alpha value is -3.63. The van der Waals surface area contributed by atoms with Crippen LogP contribution in [0.15, 0.2) is 47.3 Å². The lowest BCUT2D eigenvalue weighted by molar-refractivity contribution is 0.0988. The first-order valence-corrected chi connectivity index (χ1v) is 12.2. The van der Waals surface area contributed by atoms with E-state index in [1.165, 1.54) is 11.3 Å². The van der Waals surface area contributed by atoms with Crippen LogP contribution >= 0.6 is 11.3 Å². The molecule has 0 saturated heterocycles. The molecule has 0 aliphatic carbocycles. The molecule has 0 unspecified atom stereocenters. The van der Waals surface area contributed by atoms with Crippen LogP contribution in [-0.2, 0) is 13.0 Å². The fourth-order valence-corrected chi connectivity index (χ4v) is 4.29. The monoisotopic (exact) mass is 495 g/mol. The first kappa shape index (κ1) is 24.5. The third kappa shape index (κ3) is 6.49. The molecule has 35 heavy (non-hydrogen) atoms. The summed E-state index contributed by atoms with van der Waals surface area (Å²) in [6.45, 7) is 2.55. The molecule has 0 saturated carbocycles. The molecule has 0 spiro atoms. The molecule has 2 aromatic heterocycles. The fourth-order valence-electron chi connectivity index (χ4n) is 3.54. The van der Waals surface area contributed by atoms with Gasteiger partial charge in [-0.15, -0.1) is 11.3 Å². The van der Waals surface area contributed by atoms with Crippen LogP contribution in [0.3, 0.4) is 0 Å². The average Bonchev–Trinajstić information content (AvgIpc) is 3.25. The number of rotatable bonds is 9. The van der Waals surface area contributed by atoms with Crippen molar-refractivity contribution in [2.75, 3.05) is 51.4 Å². The number of pyridine rings is 1. The standard InChI is InChI=1S/C25H29N5O4S/c1-29(2)7-8-30(25(32)28-19-4-6-23-24(12-19)34-10-9-33-23)14-17-3-5-21(27-13-17)22(31)11-18-15-35-16-20(18)26/h3-6,12-13,15-16H,7-11,14,26H2,1-2H3,(H,28,32). The van der Waals surface area contributed by atoms with Gasteiger partial charge in [-0.05, 0) is 48.8 Å². The van der Waals surface area contributed by atoms with Crippen molar-refractivity contribution in [3.8, 4) is 11.5 Å². The quantitative estimate of drug-likeness (QED) is 0.437. The number of anilines is 2. The van der Waals surface area contributed by atoms with Gasteiger partial charge < -0.3 is 30.3 Å². The van der Waals surface area contributed by atoms with E-state index in [4.69, 9.17) is 15.2 Å². The SMILES string of the molecule is CN(C)CCN(Cc1ccc(C(=O)Cc2cscc2N)nc1)C(=O)Nc1ccc2c(c1)OCCO2. The Bertz CT molecular complexity index is 1180. The summed E-state index contributed by atoms with van der Waals surface area (Å²) in [6.07, 6.45) is 1.86. The Morgan fingerprint density at radius 2 is 1.89 bits per heavy atom. The number of thiophene rings is 1. The molecule has 9 nitrogen and oxygen atoms in total. The van der Waals surface area contributed by atoms with Gasteiger partial charge in [-0.2, -0.15) is 0 Å². The smallest absolute Gasteiger partial charge is 0.322 e. The van der Waals surface area contributed by atoms with Gasteiger partial charge in [0.1, 0.15) is 18.9 Å². The predicted molar refractivity (Wildman–Crippen MR) is 136 cm³/mol. The van der Waals surface area contributed by atoms with Gasteiger partial charge in [0, 0.05) is 55.1 Å². The minimum absolute atomic E-state index is 0.0949. The second kappa shape index (κ2) is 11.2. The van der Waals surface area contributed by atoms with E-state index in [1.54, 1.807) is 35.4 Å². The Balaban J connectivity index is 1.42. The third-order valence-electron chi connectivity index (χ3n) is 5.51. The molecule has 4 rings (SSSR count). The predicted octanol–water partition coefficient (Wildman–Crippen LogP) is 3.52. The highest BCUT2D eigenvalue weighted by Crippen LogP contribution is 2.32. The van der Waals surface area contributed by atoms with Crippen molar-refractivity contribution in [1.82, 2.24) is 14.8 Å². The largest absolute Gasteiger partial charge is 0.486 e. The van der Waals surface area contributed by atoms with Crippen LogP contribution in [0.2, 0.25) is 0 Å². The molecule has 3 heterocycles. The van der Waals surface area contributed by atoms with Gasteiger partial charge in [0.05, 0.1) is 0 Å². The lowest BCUT2D eigenvalue weighted by Crippen LogP contribution is -2.39. The zero-order valence-corrected chi connectivity index (χ0v) is 20.6. The Kier molecular flexibility index (Phi) is 7.84. The number of ether oxygens (including phenoxy) is 2. The third-order valence-corrected chi connectivity index (χ3v) is 6.32.